The number of carbonyl (C=O) groups excluding carboxylic acids is 1. The fourth-order valence-corrected chi connectivity index (χ4v) is 4.25. The van der Waals surface area contributed by atoms with E-state index in [-0.39, 0.29) is 18.3 Å². The molecule has 3 aromatic rings. The lowest BCUT2D eigenvalue weighted by molar-refractivity contribution is -0.143. The summed E-state index contributed by atoms with van der Waals surface area (Å²) in [7, 11) is 3.43. The van der Waals surface area contributed by atoms with Crippen LogP contribution in [0.25, 0.3) is 0 Å². The van der Waals surface area contributed by atoms with Gasteiger partial charge in [-0.1, -0.05) is 12.1 Å². The maximum atomic E-state index is 12.2. The number of pyridine rings is 2. The second-order valence-corrected chi connectivity index (χ2v) is 8.58. The van der Waals surface area contributed by atoms with Crippen LogP contribution in [0, 0.1) is 0 Å². The number of fused-ring (bicyclic) bond motifs is 1. The van der Waals surface area contributed by atoms with Crippen molar-refractivity contribution in [3.8, 4) is 11.8 Å². The average molecular weight is 480 g/mol. The standard InChI is InChI=1S/C26H33N5O4/c1-4-34-25(32)15-20(19-8-10-23(33-3)28-17-19)14-22-16-24(31(2)30-22)35-13-11-21-9-7-18-6-5-12-27-26(18)29-21/h7-10,16-17,20H,4-6,11-15H2,1-3H3,(H,27,29). The molecule has 0 spiro atoms. The van der Waals surface area contributed by atoms with E-state index in [4.69, 9.17) is 19.2 Å². The minimum absolute atomic E-state index is 0.123. The summed E-state index contributed by atoms with van der Waals surface area (Å²) in [6.45, 7) is 3.63. The average Bonchev–Trinajstić information content (AvgIpc) is 3.22. The lowest BCUT2D eigenvalue weighted by Gasteiger charge is -2.17. The molecule has 3 aromatic heterocycles. The molecule has 0 bridgehead atoms. The molecule has 9 heteroatoms. The molecule has 1 N–H and O–H groups in total. The van der Waals surface area contributed by atoms with Crippen molar-refractivity contribution in [2.75, 3.05) is 32.2 Å². The van der Waals surface area contributed by atoms with Crippen LogP contribution in [0.2, 0.25) is 0 Å². The van der Waals surface area contributed by atoms with E-state index in [0.717, 1.165) is 42.2 Å². The normalized spacial score (nSPS) is 13.5. The number of hydrogen-bond acceptors (Lipinski definition) is 8. The van der Waals surface area contributed by atoms with Gasteiger partial charge in [-0.3, -0.25) is 4.79 Å². The Labute approximate surface area is 205 Å². The van der Waals surface area contributed by atoms with Crippen molar-refractivity contribution < 1.29 is 19.0 Å². The number of nitrogens with zero attached hydrogens (tertiary/aromatic N) is 4. The van der Waals surface area contributed by atoms with Crippen molar-refractivity contribution in [1.29, 1.82) is 0 Å². The summed E-state index contributed by atoms with van der Waals surface area (Å²) in [5.74, 6) is 1.84. The second-order valence-electron chi connectivity index (χ2n) is 8.58. The van der Waals surface area contributed by atoms with E-state index in [1.54, 1.807) is 31.0 Å². The largest absolute Gasteiger partial charge is 0.481 e. The molecule has 0 fully saturated rings. The van der Waals surface area contributed by atoms with Gasteiger partial charge in [-0.2, -0.15) is 5.10 Å². The lowest BCUT2D eigenvalue weighted by Crippen LogP contribution is -2.14. The van der Waals surface area contributed by atoms with Crippen LogP contribution < -0.4 is 14.8 Å². The van der Waals surface area contributed by atoms with E-state index >= 15 is 0 Å². The van der Waals surface area contributed by atoms with Crippen molar-refractivity contribution in [3.63, 3.8) is 0 Å². The van der Waals surface area contributed by atoms with Crippen LogP contribution in [0.3, 0.4) is 0 Å². The second kappa shape index (κ2) is 11.7. The molecule has 4 rings (SSSR count). The topological polar surface area (TPSA) is 100 Å². The molecule has 0 aromatic carbocycles. The molecular weight excluding hydrogens is 446 g/mol. The molecule has 186 valence electrons. The molecule has 0 aliphatic carbocycles. The Hall–Kier alpha value is -3.62. The van der Waals surface area contributed by atoms with E-state index in [0.29, 0.717) is 37.8 Å². The zero-order valence-corrected chi connectivity index (χ0v) is 20.6. The number of hydrogen-bond donors (Lipinski definition) is 1. The summed E-state index contributed by atoms with van der Waals surface area (Å²) >= 11 is 0. The van der Waals surface area contributed by atoms with Crippen molar-refractivity contribution in [2.45, 2.75) is 44.9 Å². The molecule has 1 aliphatic heterocycles. The monoisotopic (exact) mass is 479 g/mol. The Morgan fingerprint density at radius 2 is 2.11 bits per heavy atom. The van der Waals surface area contributed by atoms with Gasteiger partial charge in [0.2, 0.25) is 11.8 Å². The van der Waals surface area contributed by atoms with Gasteiger partial charge >= 0.3 is 5.97 Å². The first-order valence-electron chi connectivity index (χ1n) is 12.1. The number of ether oxygens (including phenoxy) is 3. The molecule has 1 unspecified atom stereocenters. The predicted molar refractivity (Wildman–Crippen MR) is 132 cm³/mol. The van der Waals surface area contributed by atoms with Gasteiger partial charge in [0.05, 0.1) is 32.4 Å². The predicted octanol–water partition coefficient (Wildman–Crippen LogP) is 3.48. The first kappa shape index (κ1) is 24.5. The van der Waals surface area contributed by atoms with Gasteiger partial charge in [0.25, 0.3) is 0 Å². The quantitative estimate of drug-likeness (QED) is 0.417. The first-order chi connectivity index (χ1) is 17.1. The van der Waals surface area contributed by atoms with Gasteiger partial charge in [0.1, 0.15) is 5.82 Å². The molecule has 0 radical (unpaired) electrons. The summed E-state index contributed by atoms with van der Waals surface area (Å²) in [4.78, 5) is 21.3. The van der Waals surface area contributed by atoms with Gasteiger partial charge in [0.15, 0.2) is 0 Å². The van der Waals surface area contributed by atoms with Crippen molar-refractivity contribution >= 4 is 11.8 Å². The van der Waals surface area contributed by atoms with Crippen LogP contribution >= 0.6 is 0 Å². The minimum Gasteiger partial charge on any atom is -0.481 e. The van der Waals surface area contributed by atoms with Gasteiger partial charge in [-0.15, -0.1) is 0 Å². The smallest absolute Gasteiger partial charge is 0.306 e. The van der Waals surface area contributed by atoms with Gasteiger partial charge in [-0.05, 0) is 43.4 Å². The molecule has 1 atom stereocenters. The third-order valence-corrected chi connectivity index (χ3v) is 6.06. The molecule has 35 heavy (non-hydrogen) atoms. The summed E-state index contributed by atoms with van der Waals surface area (Å²) < 4.78 is 18.1. The Bertz CT molecular complexity index is 1130. The summed E-state index contributed by atoms with van der Waals surface area (Å²) in [6, 6.07) is 9.88. The van der Waals surface area contributed by atoms with Crippen molar-refractivity contribution in [1.82, 2.24) is 19.7 Å². The number of aryl methyl sites for hydroxylation is 2. The zero-order chi connectivity index (χ0) is 24.6. The summed E-state index contributed by atoms with van der Waals surface area (Å²) in [5.41, 5.74) is 4.05. The van der Waals surface area contributed by atoms with Crippen LogP contribution in [-0.4, -0.2) is 52.6 Å². The highest BCUT2D eigenvalue weighted by atomic mass is 16.5. The van der Waals surface area contributed by atoms with E-state index in [1.807, 2.05) is 19.2 Å². The summed E-state index contributed by atoms with van der Waals surface area (Å²) in [5, 5.41) is 7.99. The summed E-state index contributed by atoms with van der Waals surface area (Å²) in [6.07, 6.45) is 5.47. The molecule has 1 aliphatic rings. The number of aromatic nitrogens is 4. The number of nitrogens with one attached hydrogen (secondary N) is 1. The van der Waals surface area contributed by atoms with Crippen LogP contribution in [0.1, 0.15) is 48.2 Å². The Kier molecular flexibility index (Phi) is 8.18. The van der Waals surface area contributed by atoms with E-state index in [9.17, 15) is 4.79 Å². The molecule has 0 amide bonds. The number of rotatable bonds is 11. The number of anilines is 1. The highest BCUT2D eigenvalue weighted by Gasteiger charge is 2.21. The van der Waals surface area contributed by atoms with Crippen LogP contribution in [-0.2, 0) is 35.8 Å². The molecule has 0 saturated carbocycles. The molecular formula is C26H33N5O4. The van der Waals surface area contributed by atoms with Crippen molar-refractivity contribution in [2.24, 2.45) is 7.05 Å². The Morgan fingerprint density at radius 1 is 1.23 bits per heavy atom. The van der Waals surface area contributed by atoms with Crippen molar-refractivity contribution in [3.05, 3.63) is 59.0 Å². The first-order valence-corrected chi connectivity index (χ1v) is 12.1. The molecule has 0 saturated heterocycles. The number of methoxy groups -OCH3 is 1. The maximum absolute atomic E-state index is 12.2. The Balaban J connectivity index is 1.39. The van der Waals surface area contributed by atoms with E-state index in [2.05, 4.69) is 27.5 Å². The zero-order valence-electron chi connectivity index (χ0n) is 20.6. The van der Waals surface area contributed by atoms with Crippen LogP contribution in [0.4, 0.5) is 5.82 Å². The van der Waals surface area contributed by atoms with Crippen LogP contribution in [0.15, 0.2) is 36.5 Å². The highest BCUT2D eigenvalue weighted by molar-refractivity contribution is 5.70. The maximum Gasteiger partial charge on any atom is 0.306 e. The lowest BCUT2D eigenvalue weighted by atomic mass is 9.92. The molecule has 4 heterocycles. The van der Waals surface area contributed by atoms with Gasteiger partial charge in [-0.25, -0.2) is 14.6 Å². The number of carbonyl (C=O) groups is 1. The van der Waals surface area contributed by atoms with E-state index < -0.39 is 0 Å². The third-order valence-electron chi connectivity index (χ3n) is 6.06. The number of esters is 1. The molecule has 9 nitrogen and oxygen atoms in total. The fraction of sp³-hybridized carbons (Fsp3) is 0.462. The fourth-order valence-electron chi connectivity index (χ4n) is 4.25. The van der Waals surface area contributed by atoms with Gasteiger partial charge < -0.3 is 19.5 Å². The van der Waals surface area contributed by atoms with E-state index in [1.165, 1.54) is 5.56 Å². The van der Waals surface area contributed by atoms with Crippen LogP contribution in [0.5, 0.6) is 11.8 Å². The van der Waals surface area contributed by atoms with Gasteiger partial charge in [0, 0.05) is 50.0 Å². The Morgan fingerprint density at radius 3 is 2.89 bits per heavy atom. The minimum atomic E-state index is -0.243. The third kappa shape index (κ3) is 6.49. The SMILES string of the molecule is CCOC(=O)CC(Cc1cc(OCCc2ccc3c(n2)NCCC3)n(C)n1)c1ccc(OC)nc1. The highest BCUT2D eigenvalue weighted by Crippen LogP contribution is 2.27.